The van der Waals surface area contributed by atoms with E-state index in [-0.39, 0.29) is 23.9 Å². The second-order valence-corrected chi connectivity index (χ2v) is 9.78. The van der Waals surface area contributed by atoms with Gasteiger partial charge in [0.1, 0.15) is 11.5 Å². The normalized spacial score (nSPS) is 22.2. The van der Waals surface area contributed by atoms with Gasteiger partial charge in [-0.15, -0.1) is 0 Å². The molecule has 2 fully saturated rings. The van der Waals surface area contributed by atoms with E-state index in [4.69, 9.17) is 4.74 Å². The van der Waals surface area contributed by atoms with Gasteiger partial charge >= 0.3 is 0 Å². The molecule has 190 valence electrons. The maximum Gasteiger partial charge on any atom is 0.272 e. The van der Waals surface area contributed by atoms with Gasteiger partial charge in [0.15, 0.2) is 0 Å². The van der Waals surface area contributed by atoms with Crippen molar-refractivity contribution < 1.29 is 19.0 Å². The number of carbonyl (C=O) groups is 1. The zero-order chi connectivity index (χ0) is 25.2. The highest BCUT2D eigenvalue weighted by Gasteiger charge is 2.37. The van der Waals surface area contributed by atoms with Gasteiger partial charge in [-0.25, -0.2) is 9.37 Å². The van der Waals surface area contributed by atoms with E-state index in [1.54, 1.807) is 31.8 Å². The molecule has 2 saturated heterocycles. The number of methoxy groups -OCH3 is 1. The van der Waals surface area contributed by atoms with Crippen LogP contribution in [-0.4, -0.2) is 81.9 Å². The highest BCUT2D eigenvalue weighted by Crippen LogP contribution is 2.31. The zero-order valence-corrected chi connectivity index (χ0v) is 20.8. The first-order valence-corrected chi connectivity index (χ1v) is 12.6. The van der Waals surface area contributed by atoms with Crippen LogP contribution in [0.3, 0.4) is 0 Å². The number of carbonyl (C=O) groups excluding carboxylic acids is 1. The number of β-amino-alcohol motifs (C(OH)–C–C–N with tert-alkyl or cyclic N) is 1. The van der Waals surface area contributed by atoms with E-state index in [0.29, 0.717) is 31.4 Å². The van der Waals surface area contributed by atoms with Crippen LogP contribution in [0.2, 0.25) is 0 Å². The molecule has 3 heterocycles. The molecule has 0 unspecified atom stereocenters. The lowest BCUT2D eigenvalue weighted by Crippen LogP contribution is -2.46. The van der Waals surface area contributed by atoms with E-state index < -0.39 is 6.10 Å². The van der Waals surface area contributed by atoms with Gasteiger partial charge in [-0.1, -0.05) is 36.4 Å². The average Bonchev–Trinajstić information content (AvgIpc) is 3.55. The van der Waals surface area contributed by atoms with E-state index >= 15 is 0 Å². The summed E-state index contributed by atoms with van der Waals surface area (Å²) < 4.78 is 20.8. The Labute approximate surface area is 211 Å². The number of nitrogens with zero attached hydrogens (tertiary/aromatic N) is 4. The quantitative estimate of drug-likeness (QED) is 0.570. The molecule has 8 heteroatoms. The molecule has 7 nitrogen and oxygen atoms in total. The van der Waals surface area contributed by atoms with E-state index in [0.717, 1.165) is 36.1 Å². The van der Waals surface area contributed by atoms with Crippen molar-refractivity contribution in [1.82, 2.24) is 19.4 Å². The Kier molecular flexibility index (Phi) is 7.18. The first kappa shape index (κ1) is 24.6. The first-order chi connectivity index (χ1) is 17.5. The molecule has 3 atom stereocenters. The van der Waals surface area contributed by atoms with Gasteiger partial charge in [-0.05, 0) is 48.6 Å². The summed E-state index contributed by atoms with van der Waals surface area (Å²) in [7, 11) is 1.64. The Hall–Kier alpha value is -3.07. The SMILES string of the molecule is CO[C@H]1CN(C2CCN(C(=O)c3cncn3[C@@H](C)c3ccccc3-c3ccc(F)cc3)CC2)C[C@@H]1O. The van der Waals surface area contributed by atoms with Crippen LogP contribution in [0.15, 0.2) is 61.1 Å². The van der Waals surface area contributed by atoms with Crippen molar-refractivity contribution in [3.8, 4) is 11.1 Å². The van der Waals surface area contributed by atoms with Crippen LogP contribution >= 0.6 is 0 Å². The smallest absolute Gasteiger partial charge is 0.272 e. The number of piperidine rings is 1. The summed E-state index contributed by atoms with van der Waals surface area (Å²) in [5, 5.41) is 10.2. The number of aromatic nitrogens is 2. The molecule has 0 bridgehead atoms. The fourth-order valence-electron chi connectivity index (χ4n) is 5.59. The topological polar surface area (TPSA) is 70.8 Å². The third-order valence-corrected chi connectivity index (χ3v) is 7.70. The van der Waals surface area contributed by atoms with Crippen molar-refractivity contribution in [2.24, 2.45) is 0 Å². The van der Waals surface area contributed by atoms with Gasteiger partial charge in [0.05, 0.1) is 30.8 Å². The maximum atomic E-state index is 13.5. The fourth-order valence-corrected chi connectivity index (χ4v) is 5.59. The number of likely N-dealkylation sites (tertiary alicyclic amines) is 2. The number of amides is 1. The molecule has 1 aromatic heterocycles. The second kappa shape index (κ2) is 10.5. The monoisotopic (exact) mass is 492 g/mol. The lowest BCUT2D eigenvalue weighted by atomic mass is 9.95. The number of imidazole rings is 1. The largest absolute Gasteiger partial charge is 0.389 e. The molecule has 3 aromatic rings. The third kappa shape index (κ3) is 4.81. The summed E-state index contributed by atoms with van der Waals surface area (Å²) in [5.41, 5.74) is 3.53. The molecule has 5 rings (SSSR count). The lowest BCUT2D eigenvalue weighted by molar-refractivity contribution is 0.0212. The number of hydrogen-bond acceptors (Lipinski definition) is 5. The van der Waals surface area contributed by atoms with Crippen molar-refractivity contribution >= 4 is 5.91 Å². The van der Waals surface area contributed by atoms with Crippen molar-refractivity contribution in [2.45, 2.75) is 44.1 Å². The van der Waals surface area contributed by atoms with Crippen molar-refractivity contribution in [3.63, 3.8) is 0 Å². The van der Waals surface area contributed by atoms with Crippen molar-refractivity contribution in [3.05, 3.63) is 78.1 Å². The minimum Gasteiger partial charge on any atom is -0.389 e. The van der Waals surface area contributed by atoms with Crippen LogP contribution in [0.4, 0.5) is 4.39 Å². The molecule has 0 radical (unpaired) electrons. The maximum absolute atomic E-state index is 13.5. The Morgan fingerprint density at radius 1 is 1.11 bits per heavy atom. The molecule has 36 heavy (non-hydrogen) atoms. The van der Waals surface area contributed by atoms with E-state index in [2.05, 4.69) is 16.8 Å². The number of hydrogen-bond donors (Lipinski definition) is 1. The highest BCUT2D eigenvalue weighted by molar-refractivity contribution is 5.92. The number of rotatable bonds is 6. The Bertz CT molecular complexity index is 1190. The summed E-state index contributed by atoms with van der Waals surface area (Å²) >= 11 is 0. The number of halogens is 1. The molecule has 1 amide bonds. The van der Waals surface area contributed by atoms with E-state index in [1.165, 1.54) is 12.1 Å². The van der Waals surface area contributed by atoms with Gasteiger partial charge in [-0.3, -0.25) is 9.69 Å². The van der Waals surface area contributed by atoms with Crippen LogP contribution in [-0.2, 0) is 4.74 Å². The average molecular weight is 493 g/mol. The van der Waals surface area contributed by atoms with E-state index in [9.17, 15) is 14.3 Å². The molecule has 2 aliphatic heterocycles. The van der Waals surface area contributed by atoms with Gasteiger partial charge < -0.3 is 19.3 Å². The molecule has 0 aliphatic carbocycles. The zero-order valence-electron chi connectivity index (χ0n) is 20.8. The van der Waals surface area contributed by atoms with Crippen LogP contribution in [0.5, 0.6) is 0 Å². The number of aliphatic hydroxyl groups is 1. The summed E-state index contributed by atoms with van der Waals surface area (Å²) in [6.45, 7) is 4.74. The molecule has 0 spiro atoms. The predicted molar refractivity (Wildman–Crippen MR) is 135 cm³/mol. The molecular weight excluding hydrogens is 459 g/mol. The minimum absolute atomic E-state index is 0.0201. The Balaban J connectivity index is 1.30. The predicted octanol–water partition coefficient (Wildman–Crippen LogP) is 3.59. The van der Waals surface area contributed by atoms with Gasteiger partial charge in [0.25, 0.3) is 5.91 Å². The van der Waals surface area contributed by atoms with Crippen molar-refractivity contribution in [1.29, 1.82) is 0 Å². The Morgan fingerprint density at radius 2 is 1.83 bits per heavy atom. The van der Waals surface area contributed by atoms with Crippen molar-refractivity contribution in [2.75, 3.05) is 33.3 Å². The highest BCUT2D eigenvalue weighted by atomic mass is 19.1. The molecule has 2 aromatic carbocycles. The molecule has 1 N–H and O–H groups in total. The second-order valence-electron chi connectivity index (χ2n) is 9.78. The summed E-state index contributed by atoms with van der Waals surface area (Å²) in [6, 6.07) is 14.7. The molecule has 2 aliphatic rings. The third-order valence-electron chi connectivity index (χ3n) is 7.70. The first-order valence-electron chi connectivity index (χ1n) is 12.6. The van der Waals surface area contributed by atoms with Crippen LogP contribution < -0.4 is 0 Å². The van der Waals surface area contributed by atoms with Gasteiger partial charge in [-0.2, -0.15) is 0 Å². The molecular formula is C28H33FN4O3. The standard InChI is InChI=1S/C28H33FN4O3/c1-19(23-5-3-4-6-24(23)20-7-9-21(29)10-8-20)33-18-30-15-25(33)28(35)31-13-11-22(12-14-31)32-16-26(34)27(17-32)36-2/h3-10,15,18-19,22,26-27,34H,11-14,16-17H2,1-2H3/t19-,26-,27-/m0/s1. The van der Waals surface area contributed by atoms with E-state index in [1.807, 2.05) is 33.7 Å². The summed E-state index contributed by atoms with van der Waals surface area (Å²) in [4.78, 5) is 22.1. The number of aliphatic hydroxyl groups excluding tert-OH is 1. The number of ether oxygens (including phenoxy) is 1. The van der Waals surface area contributed by atoms with Gasteiger partial charge in [0, 0.05) is 39.3 Å². The van der Waals surface area contributed by atoms with Crippen LogP contribution in [0.1, 0.15) is 41.9 Å². The lowest BCUT2D eigenvalue weighted by Gasteiger charge is -2.36. The van der Waals surface area contributed by atoms with Gasteiger partial charge in [0.2, 0.25) is 0 Å². The van der Waals surface area contributed by atoms with Crippen LogP contribution in [0.25, 0.3) is 11.1 Å². The molecule has 0 saturated carbocycles. The summed E-state index contributed by atoms with van der Waals surface area (Å²) in [5.74, 6) is -0.289. The number of benzene rings is 2. The minimum atomic E-state index is -0.455. The fraction of sp³-hybridized carbons (Fsp3) is 0.429. The summed E-state index contributed by atoms with van der Waals surface area (Å²) in [6.07, 6.45) is 4.49. The Morgan fingerprint density at radius 3 is 2.53 bits per heavy atom. The van der Waals surface area contributed by atoms with Crippen LogP contribution in [0, 0.1) is 5.82 Å².